The van der Waals surface area contributed by atoms with Gasteiger partial charge in [0.05, 0.1) is 42.8 Å². The topological polar surface area (TPSA) is 95.2 Å². The molecule has 10 heteroatoms. The molecule has 0 aliphatic carbocycles. The molecule has 3 atom stereocenters. The summed E-state index contributed by atoms with van der Waals surface area (Å²) in [4.78, 5) is 21.5. The van der Waals surface area contributed by atoms with Gasteiger partial charge in [0.2, 0.25) is 5.88 Å². The molecule has 1 aromatic carbocycles. The molecular weight excluding hydrogens is 492 g/mol. The maximum atomic E-state index is 9.96. The van der Waals surface area contributed by atoms with Crippen molar-refractivity contribution in [1.82, 2.24) is 19.8 Å². The highest BCUT2D eigenvalue weighted by atomic mass is 16.5. The third-order valence-corrected chi connectivity index (χ3v) is 8.82. The number of hydrogen-bond donors (Lipinski definition) is 1. The van der Waals surface area contributed by atoms with Crippen LogP contribution in [0.25, 0.3) is 10.9 Å². The molecule has 202 valence electrons. The Morgan fingerprint density at radius 3 is 2.72 bits per heavy atom. The van der Waals surface area contributed by atoms with Crippen molar-refractivity contribution in [3.05, 3.63) is 47.7 Å². The zero-order valence-corrected chi connectivity index (χ0v) is 22.5. The summed E-state index contributed by atoms with van der Waals surface area (Å²) < 4.78 is 5.84. The van der Waals surface area contributed by atoms with Crippen LogP contribution in [0.2, 0.25) is 0 Å². The van der Waals surface area contributed by atoms with Gasteiger partial charge in [-0.1, -0.05) is 0 Å². The number of fused-ring (bicyclic) bond motifs is 3. The first-order chi connectivity index (χ1) is 19.0. The number of benzene rings is 1. The number of aromatic hydroxyl groups is 1. The van der Waals surface area contributed by atoms with Crippen LogP contribution in [0, 0.1) is 18.3 Å². The zero-order valence-electron chi connectivity index (χ0n) is 22.5. The van der Waals surface area contributed by atoms with E-state index in [1.54, 1.807) is 6.07 Å². The van der Waals surface area contributed by atoms with E-state index in [4.69, 9.17) is 9.72 Å². The van der Waals surface area contributed by atoms with Gasteiger partial charge in [0.15, 0.2) is 0 Å². The highest BCUT2D eigenvalue weighted by Gasteiger charge is 2.38. The molecule has 6 heterocycles. The van der Waals surface area contributed by atoms with Gasteiger partial charge in [-0.2, -0.15) is 5.26 Å². The molecule has 4 aliphatic rings. The van der Waals surface area contributed by atoms with Gasteiger partial charge in [-0.05, 0) is 43.7 Å². The maximum absolute atomic E-state index is 9.96. The second-order valence-corrected chi connectivity index (χ2v) is 11.2. The number of aryl methyl sites for hydroxylation is 1. The van der Waals surface area contributed by atoms with Crippen molar-refractivity contribution in [2.75, 3.05) is 73.8 Å². The van der Waals surface area contributed by atoms with Gasteiger partial charge < -0.3 is 24.5 Å². The summed E-state index contributed by atoms with van der Waals surface area (Å²) in [6.07, 6.45) is 2.24. The Bertz CT molecular complexity index is 1450. The number of rotatable bonds is 3. The van der Waals surface area contributed by atoms with Crippen molar-refractivity contribution in [3.8, 4) is 11.9 Å². The minimum atomic E-state index is -0.0652. The lowest BCUT2D eigenvalue weighted by Gasteiger charge is -2.51. The predicted molar refractivity (Wildman–Crippen MR) is 150 cm³/mol. The number of piperazine rings is 2. The molecule has 2 unspecified atom stereocenters. The Hall–Kier alpha value is -3.65. The van der Waals surface area contributed by atoms with E-state index in [0.717, 1.165) is 81.7 Å². The molecule has 3 aromatic rings. The maximum Gasteiger partial charge on any atom is 0.211 e. The van der Waals surface area contributed by atoms with Gasteiger partial charge in [0.25, 0.3) is 0 Å². The number of anilines is 3. The zero-order chi connectivity index (χ0) is 26.7. The fourth-order valence-corrected chi connectivity index (χ4v) is 6.91. The van der Waals surface area contributed by atoms with Crippen molar-refractivity contribution < 1.29 is 9.84 Å². The lowest BCUT2D eigenvalue weighted by molar-refractivity contribution is 0.0703. The molecule has 4 fully saturated rings. The Balaban J connectivity index is 1.11. The summed E-state index contributed by atoms with van der Waals surface area (Å²) in [5, 5.41) is 20.5. The average molecular weight is 527 g/mol. The molecule has 2 aromatic heterocycles. The Morgan fingerprint density at radius 1 is 1.03 bits per heavy atom. The molecule has 7 rings (SSSR count). The largest absolute Gasteiger partial charge is 0.493 e. The van der Waals surface area contributed by atoms with Gasteiger partial charge in [0.1, 0.15) is 18.1 Å². The first-order valence-corrected chi connectivity index (χ1v) is 13.8. The number of aromatic nitrogens is 2. The molecule has 0 amide bonds. The molecule has 1 N–H and O–H groups in total. The molecule has 0 bridgehead atoms. The van der Waals surface area contributed by atoms with E-state index >= 15 is 0 Å². The quantitative estimate of drug-likeness (QED) is 0.548. The number of ether oxygens (including phenoxy) is 1. The van der Waals surface area contributed by atoms with E-state index in [1.807, 2.05) is 24.4 Å². The molecule has 0 radical (unpaired) electrons. The molecule has 0 saturated carbocycles. The minimum Gasteiger partial charge on any atom is -0.493 e. The summed E-state index contributed by atoms with van der Waals surface area (Å²) in [7, 11) is 0. The summed E-state index contributed by atoms with van der Waals surface area (Å²) in [5.74, 6) is 1.01. The standard InChI is InChI=1S/C29H34N8O2/c1-19-11-22(36-17-27-34(18-36)9-10-39-27)13-31-29(19)33-7-8-37-20(2)14-35(16-23(37)15-33)25-5-3-21(12-30)28-24(25)4-6-26(38)32-28/h3-6,11,13,20,23,27H,7-10,14-18H2,1-2H3,(H,32,38)/t20-,23?,27?/m0/s1. The van der Waals surface area contributed by atoms with Crippen LogP contribution in [0.3, 0.4) is 0 Å². The Labute approximate surface area is 228 Å². The lowest BCUT2D eigenvalue weighted by Crippen LogP contribution is -2.65. The normalized spacial score (nSPS) is 25.7. The summed E-state index contributed by atoms with van der Waals surface area (Å²) in [6.45, 7) is 12.8. The average Bonchev–Trinajstić information content (AvgIpc) is 3.55. The van der Waals surface area contributed by atoms with Crippen molar-refractivity contribution in [2.45, 2.75) is 32.2 Å². The van der Waals surface area contributed by atoms with Crippen LogP contribution in [0.1, 0.15) is 18.1 Å². The monoisotopic (exact) mass is 526 g/mol. The van der Waals surface area contributed by atoms with E-state index in [1.165, 1.54) is 5.56 Å². The smallest absolute Gasteiger partial charge is 0.211 e. The van der Waals surface area contributed by atoms with Gasteiger partial charge in [-0.3, -0.25) is 9.80 Å². The van der Waals surface area contributed by atoms with Crippen molar-refractivity contribution >= 4 is 28.1 Å². The van der Waals surface area contributed by atoms with Crippen LogP contribution in [0.4, 0.5) is 17.2 Å². The van der Waals surface area contributed by atoms with E-state index < -0.39 is 0 Å². The third kappa shape index (κ3) is 4.22. The second kappa shape index (κ2) is 9.52. The Morgan fingerprint density at radius 2 is 1.90 bits per heavy atom. The van der Waals surface area contributed by atoms with Crippen molar-refractivity contribution in [1.29, 1.82) is 5.26 Å². The minimum absolute atomic E-state index is 0.0652. The molecule has 4 saturated heterocycles. The molecule has 4 aliphatic heterocycles. The molecule has 39 heavy (non-hydrogen) atoms. The van der Waals surface area contributed by atoms with Gasteiger partial charge >= 0.3 is 0 Å². The van der Waals surface area contributed by atoms with Gasteiger partial charge in [0, 0.05) is 68.5 Å². The van der Waals surface area contributed by atoms with Gasteiger partial charge in [-0.25, -0.2) is 9.97 Å². The highest BCUT2D eigenvalue weighted by molar-refractivity contribution is 5.95. The second-order valence-electron chi connectivity index (χ2n) is 11.2. The van der Waals surface area contributed by atoms with E-state index in [-0.39, 0.29) is 12.1 Å². The van der Waals surface area contributed by atoms with Crippen molar-refractivity contribution in [2.24, 2.45) is 0 Å². The van der Waals surface area contributed by atoms with Gasteiger partial charge in [-0.15, -0.1) is 0 Å². The number of hydrogen-bond acceptors (Lipinski definition) is 10. The SMILES string of the molecule is Cc1cc(N2CC3OCCN3C2)cnc1N1CCN2C(C1)CN(c1ccc(C#N)c3nc(O)ccc13)C[C@@H]2C. The molecular formula is C29H34N8O2. The number of nitriles is 1. The van der Waals surface area contributed by atoms with E-state index in [2.05, 4.69) is 55.5 Å². The van der Waals surface area contributed by atoms with Crippen LogP contribution in [0.15, 0.2) is 36.5 Å². The van der Waals surface area contributed by atoms with Crippen LogP contribution < -0.4 is 14.7 Å². The van der Waals surface area contributed by atoms with E-state index in [9.17, 15) is 10.4 Å². The van der Waals surface area contributed by atoms with Crippen LogP contribution in [-0.2, 0) is 4.74 Å². The first kappa shape index (κ1) is 24.4. The predicted octanol–water partition coefficient (Wildman–Crippen LogP) is 2.35. The number of nitrogens with zero attached hydrogens (tertiary/aromatic N) is 8. The van der Waals surface area contributed by atoms with E-state index in [0.29, 0.717) is 23.2 Å². The highest BCUT2D eigenvalue weighted by Crippen LogP contribution is 2.34. The van der Waals surface area contributed by atoms with Crippen LogP contribution >= 0.6 is 0 Å². The summed E-state index contributed by atoms with van der Waals surface area (Å²) in [6, 6.07) is 12.6. The summed E-state index contributed by atoms with van der Waals surface area (Å²) >= 11 is 0. The van der Waals surface area contributed by atoms with Crippen LogP contribution in [0.5, 0.6) is 5.88 Å². The molecule has 10 nitrogen and oxygen atoms in total. The summed E-state index contributed by atoms with van der Waals surface area (Å²) in [5.41, 5.74) is 4.47. The Kier molecular flexibility index (Phi) is 5.95. The number of pyridine rings is 2. The first-order valence-electron chi connectivity index (χ1n) is 13.8. The fraction of sp³-hybridized carbons (Fsp3) is 0.483. The lowest BCUT2D eigenvalue weighted by atomic mass is 10.0. The molecule has 0 spiro atoms. The third-order valence-electron chi connectivity index (χ3n) is 8.82. The van der Waals surface area contributed by atoms with Crippen molar-refractivity contribution in [3.63, 3.8) is 0 Å². The fourth-order valence-electron chi connectivity index (χ4n) is 6.91. The van der Waals surface area contributed by atoms with Crippen LogP contribution in [-0.4, -0.2) is 102 Å².